The fourth-order valence-corrected chi connectivity index (χ4v) is 3.42. The maximum absolute atomic E-state index is 12.7. The van der Waals surface area contributed by atoms with Gasteiger partial charge in [0.05, 0.1) is 40.4 Å². The van der Waals surface area contributed by atoms with E-state index in [1.807, 2.05) is 31.3 Å². The number of carbonyl (C=O) groups is 1. The molecule has 0 aliphatic carbocycles. The van der Waals surface area contributed by atoms with Gasteiger partial charge in [0.15, 0.2) is 18.0 Å². The summed E-state index contributed by atoms with van der Waals surface area (Å²) in [6, 6.07) is 7.53. The quantitative estimate of drug-likeness (QED) is 0.714. The number of para-hydroxylation sites is 1. The molecule has 1 aromatic carbocycles. The number of nitrogens with zero attached hydrogens (tertiary/aromatic N) is 4. The molecule has 150 valence electrons. The average molecular weight is 386 g/mol. The fraction of sp³-hybridized carbons (Fsp3) is 0.450. The van der Waals surface area contributed by atoms with E-state index in [9.17, 15) is 4.79 Å². The van der Waals surface area contributed by atoms with Gasteiger partial charge in [-0.2, -0.15) is 0 Å². The van der Waals surface area contributed by atoms with Crippen LogP contribution in [0.2, 0.25) is 0 Å². The van der Waals surface area contributed by atoms with Gasteiger partial charge in [0, 0.05) is 31.5 Å². The van der Waals surface area contributed by atoms with Gasteiger partial charge in [0.1, 0.15) is 0 Å². The van der Waals surface area contributed by atoms with E-state index < -0.39 is 0 Å². The fourth-order valence-electron chi connectivity index (χ4n) is 3.42. The predicted molar refractivity (Wildman–Crippen MR) is 106 cm³/mol. The molecule has 1 amide bonds. The molecule has 0 spiro atoms. The van der Waals surface area contributed by atoms with Crippen molar-refractivity contribution in [1.29, 1.82) is 0 Å². The monoisotopic (exact) mass is 386 g/mol. The molecule has 2 heterocycles. The molecule has 0 unspecified atom stereocenters. The van der Waals surface area contributed by atoms with Crippen molar-refractivity contribution in [1.82, 2.24) is 14.9 Å². The Kier molecular flexibility index (Phi) is 6.65. The van der Waals surface area contributed by atoms with E-state index in [4.69, 9.17) is 9.47 Å². The number of benzene rings is 1. The van der Waals surface area contributed by atoms with Gasteiger partial charge in [-0.3, -0.25) is 4.79 Å². The number of nitrogens with one attached hydrogen (secondary N) is 1. The van der Waals surface area contributed by atoms with Crippen LogP contribution >= 0.6 is 0 Å². The molecule has 28 heavy (non-hydrogen) atoms. The molecule has 0 radical (unpaired) electrons. The van der Waals surface area contributed by atoms with Crippen LogP contribution in [0.3, 0.4) is 0 Å². The highest BCUT2D eigenvalue weighted by molar-refractivity contribution is 5.77. The third-order valence-electron chi connectivity index (χ3n) is 5.02. The minimum absolute atomic E-state index is 0.115. The zero-order valence-corrected chi connectivity index (χ0v) is 16.7. The zero-order chi connectivity index (χ0) is 19.9. The van der Waals surface area contributed by atoms with Crippen molar-refractivity contribution in [2.24, 2.45) is 0 Å². The Morgan fingerprint density at radius 3 is 2.50 bits per heavy atom. The molecular weight excluding hydrogens is 358 g/mol. The van der Waals surface area contributed by atoms with Crippen molar-refractivity contribution < 1.29 is 19.2 Å². The number of rotatable bonds is 7. The van der Waals surface area contributed by atoms with Gasteiger partial charge in [-0.25, -0.2) is 9.97 Å². The van der Waals surface area contributed by atoms with Crippen molar-refractivity contribution in [3.8, 4) is 11.5 Å². The van der Waals surface area contributed by atoms with Crippen LogP contribution in [0.5, 0.6) is 11.5 Å². The summed E-state index contributed by atoms with van der Waals surface area (Å²) in [6.07, 6.45) is 3.51. The number of amides is 1. The Labute approximate surface area is 165 Å². The third-order valence-corrected chi connectivity index (χ3v) is 5.02. The molecule has 1 fully saturated rings. The highest BCUT2D eigenvalue weighted by Crippen LogP contribution is 2.31. The summed E-state index contributed by atoms with van der Waals surface area (Å²) in [5, 5.41) is 0. The number of piperazine rings is 1. The van der Waals surface area contributed by atoms with Gasteiger partial charge in [-0.1, -0.05) is 12.1 Å². The molecular formula is C20H28N5O3+. The third kappa shape index (κ3) is 4.69. The van der Waals surface area contributed by atoms with E-state index >= 15 is 0 Å². The molecule has 0 atom stereocenters. The van der Waals surface area contributed by atoms with Crippen molar-refractivity contribution in [2.45, 2.75) is 6.54 Å². The number of hydrogen-bond acceptors (Lipinski definition) is 6. The number of ether oxygens (including phenoxy) is 2. The van der Waals surface area contributed by atoms with Crippen LogP contribution in [-0.4, -0.2) is 74.8 Å². The number of carbonyl (C=O) groups excluding carboxylic acids is 1. The first kappa shape index (κ1) is 19.9. The minimum atomic E-state index is 0.115. The summed E-state index contributed by atoms with van der Waals surface area (Å²) < 4.78 is 10.8. The number of likely N-dealkylation sites (N-methyl/N-ethyl adjacent to an activating group) is 1. The minimum Gasteiger partial charge on any atom is -0.493 e. The maximum Gasteiger partial charge on any atom is 0.277 e. The van der Waals surface area contributed by atoms with Gasteiger partial charge in [-0.05, 0) is 12.1 Å². The van der Waals surface area contributed by atoms with Crippen LogP contribution in [0.25, 0.3) is 0 Å². The highest BCUT2D eigenvalue weighted by atomic mass is 16.5. The first-order valence-corrected chi connectivity index (χ1v) is 9.41. The highest BCUT2D eigenvalue weighted by Gasteiger charge is 2.25. The zero-order valence-electron chi connectivity index (χ0n) is 16.7. The normalized spacial score (nSPS) is 14.6. The van der Waals surface area contributed by atoms with Crippen molar-refractivity contribution >= 4 is 11.9 Å². The summed E-state index contributed by atoms with van der Waals surface area (Å²) >= 11 is 0. The number of quaternary nitrogens is 1. The van der Waals surface area contributed by atoms with Gasteiger partial charge < -0.3 is 24.2 Å². The molecule has 1 aromatic heterocycles. The first-order chi connectivity index (χ1) is 13.6. The van der Waals surface area contributed by atoms with E-state index in [1.54, 1.807) is 31.5 Å². The van der Waals surface area contributed by atoms with Crippen LogP contribution in [0.15, 0.2) is 36.7 Å². The van der Waals surface area contributed by atoms with Gasteiger partial charge in [-0.15, -0.1) is 0 Å². The second-order valence-electron chi connectivity index (χ2n) is 6.87. The van der Waals surface area contributed by atoms with Crippen molar-refractivity contribution in [3.63, 3.8) is 0 Å². The molecule has 3 rings (SSSR count). The molecule has 0 saturated carbocycles. The summed E-state index contributed by atoms with van der Waals surface area (Å²) in [6.45, 7) is 4.43. The van der Waals surface area contributed by atoms with E-state index in [0.29, 0.717) is 24.6 Å². The first-order valence-electron chi connectivity index (χ1n) is 9.41. The molecule has 0 bridgehead atoms. The van der Waals surface area contributed by atoms with E-state index in [2.05, 4.69) is 14.9 Å². The van der Waals surface area contributed by atoms with Crippen LogP contribution in [0.1, 0.15) is 5.56 Å². The Bertz CT molecular complexity index is 779. The largest absolute Gasteiger partial charge is 0.493 e. The van der Waals surface area contributed by atoms with Crippen LogP contribution < -0.4 is 19.3 Å². The number of methoxy groups -OCH3 is 2. The molecule has 2 aromatic rings. The number of aromatic nitrogens is 2. The Morgan fingerprint density at radius 2 is 1.86 bits per heavy atom. The molecule has 8 heteroatoms. The lowest BCUT2D eigenvalue weighted by atomic mass is 10.1. The number of hydrogen-bond donors (Lipinski definition) is 1. The SMILES string of the molecule is COc1cccc(CN(C)C(=O)C[NH+]2CCN(c3ncccn3)CC2)c1OC. The lowest BCUT2D eigenvalue weighted by molar-refractivity contribution is -0.892. The van der Waals surface area contributed by atoms with Crippen LogP contribution in [0, 0.1) is 0 Å². The smallest absolute Gasteiger partial charge is 0.277 e. The van der Waals surface area contributed by atoms with Gasteiger partial charge in [0.25, 0.3) is 5.91 Å². The van der Waals surface area contributed by atoms with E-state index in [0.717, 1.165) is 37.7 Å². The second-order valence-corrected chi connectivity index (χ2v) is 6.87. The summed E-state index contributed by atoms with van der Waals surface area (Å²) in [5.41, 5.74) is 0.929. The molecule has 1 saturated heterocycles. The lowest BCUT2D eigenvalue weighted by Crippen LogP contribution is -3.15. The van der Waals surface area contributed by atoms with Crippen molar-refractivity contribution in [3.05, 3.63) is 42.2 Å². The van der Waals surface area contributed by atoms with Gasteiger partial charge in [0.2, 0.25) is 5.95 Å². The Hall–Kier alpha value is -2.87. The number of anilines is 1. The van der Waals surface area contributed by atoms with Gasteiger partial charge >= 0.3 is 0 Å². The lowest BCUT2D eigenvalue weighted by Gasteiger charge is -2.32. The molecule has 1 aliphatic rings. The van der Waals surface area contributed by atoms with E-state index in [-0.39, 0.29) is 5.91 Å². The standard InChI is InChI=1S/C20H27N5O3/c1-23(14-16-6-4-7-17(27-2)19(16)28-3)18(26)15-24-10-12-25(13-11-24)20-21-8-5-9-22-20/h4-9H,10-15H2,1-3H3/p+1. The van der Waals surface area contributed by atoms with E-state index in [1.165, 1.54) is 4.90 Å². The summed E-state index contributed by atoms with van der Waals surface area (Å²) in [5.74, 6) is 2.22. The molecule has 1 N–H and O–H groups in total. The van der Waals surface area contributed by atoms with Crippen LogP contribution in [-0.2, 0) is 11.3 Å². The van der Waals surface area contributed by atoms with Crippen LogP contribution in [0.4, 0.5) is 5.95 Å². The molecule has 8 nitrogen and oxygen atoms in total. The topological polar surface area (TPSA) is 72.2 Å². The second kappa shape index (κ2) is 9.36. The predicted octanol–water partition coefficient (Wildman–Crippen LogP) is -0.143. The average Bonchev–Trinajstić information content (AvgIpc) is 2.74. The van der Waals surface area contributed by atoms with Crippen molar-refractivity contribution in [2.75, 3.05) is 58.9 Å². The summed E-state index contributed by atoms with van der Waals surface area (Å²) in [7, 11) is 5.05. The Morgan fingerprint density at radius 1 is 1.14 bits per heavy atom. The molecule has 1 aliphatic heterocycles. The Balaban J connectivity index is 1.53. The summed E-state index contributed by atoms with van der Waals surface area (Å²) in [4.78, 5) is 26.5. The maximum atomic E-state index is 12.7.